The molecule has 4 N–H and O–H groups in total. The largest absolute Gasteiger partial charge is 0.351 e. The number of nitrogens with two attached hydrogens (primary N) is 1. The molecule has 0 bridgehead atoms. The first kappa shape index (κ1) is 16.1. The molecule has 0 saturated carbocycles. The Hall–Kier alpha value is -1.28. The van der Waals surface area contributed by atoms with Crippen LogP contribution >= 0.6 is 11.8 Å². The van der Waals surface area contributed by atoms with E-state index in [4.69, 9.17) is 5.84 Å². The van der Waals surface area contributed by atoms with Gasteiger partial charge in [0.05, 0.1) is 0 Å². The van der Waals surface area contributed by atoms with E-state index in [1.807, 2.05) is 11.8 Å². The van der Waals surface area contributed by atoms with Crippen LogP contribution in [-0.4, -0.2) is 45.6 Å². The molecule has 1 fully saturated rings. The van der Waals surface area contributed by atoms with Gasteiger partial charge in [-0.15, -0.1) is 0 Å². The van der Waals surface area contributed by atoms with Crippen LogP contribution in [-0.2, 0) is 0 Å². The Morgan fingerprint density at radius 1 is 1.19 bits per heavy atom. The molecule has 0 radical (unpaired) electrons. The van der Waals surface area contributed by atoms with Crippen molar-refractivity contribution < 1.29 is 0 Å². The minimum Gasteiger partial charge on any atom is -0.351 e. The summed E-state index contributed by atoms with van der Waals surface area (Å²) in [6.45, 7) is 6.28. The molecule has 1 aliphatic heterocycles. The Morgan fingerprint density at radius 3 is 2.57 bits per heavy atom. The fraction of sp³-hybridized carbons (Fsp3) is 0.769. The first-order chi connectivity index (χ1) is 10.2. The van der Waals surface area contributed by atoms with E-state index in [0.717, 1.165) is 24.6 Å². The molecule has 1 saturated heterocycles. The highest BCUT2D eigenvalue weighted by Crippen LogP contribution is 2.18. The lowest BCUT2D eigenvalue weighted by Crippen LogP contribution is -2.32. The number of hydrazine groups is 1. The lowest BCUT2D eigenvalue weighted by molar-refractivity contribution is 0.567. The lowest BCUT2D eigenvalue weighted by Gasteiger charge is -2.27. The molecule has 1 aliphatic rings. The average Bonchev–Trinajstić information content (AvgIpc) is 2.53. The van der Waals surface area contributed by atoms with Crippen LogP contribution in [0.25, 0.3) is 0 Å². The molecule has 2 rings (SSSR count). The van der Waals surface area contributed by atoms with E-state index in [2.05, 4.69) is 44.4 Å². The number of anilines is 3. The van der Waals surface area contributed by atoms with Crippen molar-refractivity contribution in [3.63, 3.8) is 0 Å². The third-order valence-electron chi connectivity index (χ3n) is 3.34. The van der Waals surface area contributed by atoms with Crippen molar-refractivity contribution in [2.75, 3.05) is 40.2 Å². The van der Waals surface area contributed by atoms with Gasteiger partial charge < -0.3 is 10.2 Å². The Kier molecular flexibility index (Phi) is 6.31. The minimum absolute atomic E-state index is 0.303. The maximum atomic E-state index is 5.47. The number of nitrogen functional groups attached to an aromatic ring is 1. The van der Waals surface area contributed by atoms with Gasteiger partial charge in [-0.2, -0.15) is 26.7 Å². The highest BCUT2D eigenvalue weighted by molar-refractivity contribution is 7.99. The zero-order valence-electron chi connectivity index (χ0n) is 12.8. The molecule has 1 atom stereocenters. The van der Waals surface area contributed by atoms with Crippen molar-refractivity contribution in [2.45, 2.75) is 39.2 Å². The van der Waals surface area contributed by atoms with Crippen molar-refractivity contribution >= 4 is 29.6 Å². The number of nitrogens with one attached hydrogen (secondary N) is 2. The van der Waals surface area contributed by atoms with Crippen molar-refractivity contribution in [2.24, 2.45) is 5.84 Å². The maximum absolute atomic E-state index is 5.47. The predicted octanol–water partition coefficient (Wildman–Crippen LogP) is 1.70. The Labute approximate surface area is 130 Å². The van der Waals surface area contributed by atoms with Crippen molar-refractivity contribution in [1.29, 1.82) is 0 Å². The van der Waals surface area contributed by atoms with Gasteiger partial charge in [0.2, 0.25) is 17.8 Å². The fourth-order valence-corrected chi connectivity index (χ4v) is 2.96. The Morgan fingerprint density at radius 2 is 1.90 bits per heavy atom. The van der Waals surface area contributed by atoms with E-state index in [1.165, 1.54) is 19.3 Å². The molecule has 8 heteroatoms. The SMILES string of the molecule is CCSCC(C)Nc1nc(NN)nc(N2CCCCC2)n1. The third kappa shape index (κ3) is 4.89. The van der Waals surface area contributed by atoms with Gasteiger partial charge in [0, 0.05) is 24.9 Å². The molecule has 0 amide bonds. The second-order valence-corrected chi connectivity index (χ2v) is 6.50. The predicted molar refractivity (Wildman–Crippen MR) is 89.8 cm³/mol. The number of rotatable bonds is 7. The number of hydrogen-bond acceptors (Lipinski definition) is 8. The van der Waals surface area contributed by atoms with Crippen LogP contribution in [0.15, 0.2) is 0 Å². The molecular formula is C13H25N7S. The topological polar surface area (TPSA) is 92.0 Å². The van der Waals surface area contributed by atoms with E-state index in [9.17, 15) is 0 Å². The van der Waals surface area contributed by atoms with Crippen LogP contribution in [0.1, 0.15) is 33.1 Å². The number of thioether (sulfide) groups is 1. The summed E-state index contributed by atoms with van der Waals surface area (Å²) in [5.41, 5.74) is 2.53. The molecule has 21 heavy (non-hydrogen) atoms. The second-order valence-electron chi connectivity index (χ2n) is 5.18. The fourth-order valence-electron chi connectivity index (χ4n) is 2.29. The molecule has 2 heterocycles. The summed E-state index contributed by atoms with van der Waals surface area (Å²) < 4.78 is 0. The van der Waals surface area contributed by atoms with Crippen molar-refractivity contribution in [3.8, 4) is 0 Å². The van der Waals surface area contributed by atoms with Gasteiger partial charge >= 0.3 is 0 Å². The van der Waals surface area contributed by atoms with E-state index >= 15 is 0 Å². The number of aromatic nitrogens is 3. The Balaban J connectivity index is 2.09. The monoisotopic (exact) mass is 311 g/mol. The summed E-state index contributed by atoms with van der Waals surface area (Å²) in [5, 5.41) is 3.33. The summed E-state index contributed by atoms with van der Waals surface area (Å²) in [6.07, 6.45) is 3.65. The van der Waals surface area contributed by atoms with Gasteiger partial charge in [0.25, 0.3) is 0 Å². The van der Waals surface area contributed by atoms with Crippen molar-refractivity contribution in [1.82, 2.24) is 15.0 Å². The number of piperidine rings is 1. The highest BCUT2D eigenvalue weighted by atomic mass is 32.2. The standard InChI is InChI=1S/C13H25N7S/c1-3-21-9-10(2)15-11-16-12(19-14)18-13(17-11)20-7-5-4-6-8-20/h10H,3-9,14H2,1-2H3,(H2,15,16,17,18,19). The van der Waals surface area contributed by atoms with Gasteiger partial charge in [0.1, 0.15) is 0 Å². The maximum Gasteiger partial charge on any atom is 0.243 e. The highest BCUT2D eigenvalue weighted by Gasteiger charge is 2.16. The van der Waals surface area contributed by atoms with E-state index in [0.29, 0.717) is 23.9 Å². The average molecular weight is 311 g/mol. The minimum atomic E-state index is 0.303. The zero-order chi connectivity index (χ0) is 15.1. The Bertz CT molecular complexity index is 437. The summed E-state index contributed by atoms with van der Waals surface area (Å²) in [4.78, 5) is 15.4. The number of nitrogens with zero attached hydrogens (tertiary/aromatic N) is 4. The summed E-state index contributed by atoms with van der Waals surface area (Å²) >= 11 is 1.89. The van der Waals surface area contributed by atoms with Crippen LogP contribution in [0.4, 0.5) is 17.8 Å². The lowest BCUT2D eigenvalue weighted by atomic mass is 10.1. The molecule has 7 nitrogen and oxygen atoms in total. The summed E-state index contributed by atoms with van der Waals surface area (Å²) in [7, 11) is 0. The summed E-state index contributed by atoms with van der Waals surface area (Å²) in [6, 6.07) is 0.303. The van der Waals surface area contributed by atoms with Crippen LogP contribution < -0.4 is 21.5 Å². The van der Waals surface area contributed by atoms with E-state index < -0.39 is 0 Å². The van der Waals surface area contributed by atoms with E-state index in [1.54, 1.807) is 0 Å². The smallest absolute Gasteiger partial charge is 0.243 e. The molecule has 118 valence electrons. The first-order valence-electron chi connectivity index (χ1n) is 7.55. The molecule has 1 unspecified atom stereocenters. The molecule has 0 aromatic carbocycles. The van der Waals surface area contributed by atoms with Crippen LogP contribution in [0.3, 0.4) is 0 Å². The van der Waals surface area contributed by atoms with Crippen LogP contribution in [0.2, 0.25) is 0 Å². The summed E-state index contributed by atoms with van der Waals surface area (Å²) in [5.74, 6) is 9.30. The molecular weight excluding hydrogens is 286 g/mol. The number of hydrogen-bond donors (Lipinski definition) is 3. The molecule has 1 aromatic heterocycles. The van der Waals surface area contributed by atoms with Crippen LogP contribution in [0.5, 0.6) is 0 Å². The normalized spacial score (nSPS) is 16.6. The van der Waals surface area contributed by atoms with E-state index in [-0.39, 0.29) is 0 Å². The quantitative estimate of drug-likeness (QED) is 0.518. The van der Waals surface area contributed by atoms with Crippen molar-refractivity contribution in [3.05, 3.63) is 0 Å². The molecule has 1 aromatic rings. The second kappa shape index (κ2) is 8.23. The van der Waals surface area contributed by atoms with Gasteiger partial charge in [0.15, 0.2) is 0 Å². The zero-order valence-corrected chi connectivity index (χ0v) is 13.6. The van der Waals surface area contributed by atoms with Gasteiger partial charge in [-0.25, -0.2) is 5.84 Å². The third-order valence-corrected chi connectivity index (χ3v) is 4.48. The van der Waals surface area contributed by atoms with Gasteiger partial charge in [-0.05, 0) is 31.9 Å². The first-order valence-corrected chi connectivity index (χ1v) is 8.70. The van der Waals surface area contributed by atoms with Crippen LogP contribution in [0, 0.1) is 0 Å². The van der Waals surface area contributed by atoms with Gasteiger partial charge in [-0.3, -0.25) is 5.43 Å². The van der Waals surface area contributed by atoms with Gasteiger partial charge in [-0.1, -0.05) is 6.92 Å². The molecule has 0 spiro atoms. The molecule has 0 aliphatic carbocycles.